The Morgan fingerprint density at radius 2 is 1.97 bits per heavy atom. The van der Waals surface area contributed by atoms with E-state index in [1.807, 2.05) is 0 Å². The van der Waals surface area contributed by atoms with Crippen LogP contribution in [-0.4, -0.2) is 40.1 Å². The molecule has 2 heterocycles. The summed E-state index contributed by atoms with van der Waals surface area (Å²) in [5, 5.41) is 10.8. The quantitative estimate of drug-likeness (QED) is 0.602. The van der Waals surface area contributed by atoms with Gasteiger partial charge in [0.2, 0.25) is 5.91 Å². The number of hydrogen-bond donors (Lipinski definition) is 2. The van der Waals surface area contributed by atoms with Crippen LogP contribution >= 0.6 is 11.8 Å². The Bertz CT molecular complexity index is 1170. The minimum atomic E-state index is -0.440. The number of carbonyl (C=O) groups is 1. The molecule has 0 atom stereocenters. The zero-order chi connectivity index (χ0) is 21.1. The van der Waals surface area contributed by atoms with Crippen molar-refractivity contribution in [3.05, 3.63) is 58.1 Å². The molecule has 0 fully saturated rings. The summed E-state index contributed by atoms with van der Waals surface area (Å²) in [6.07, 6.45) is 0. The van der Waals surface area contributed by atoms with E-state index in [-0.39, 0.29) is 22.5 Å². The normalized spacial score (nSPS) is 12.5. The average molecular weight is 428 g/mol. The van der Waals surface area contributed by atoms with Gasteiger partial charge < -0.3 is 14.8 Å². The molecule has 0 saturated carbocycles. The lowest BCUT2D eigenvalue weighted by atomic mass is 10.1. The van der Waals surface area contributed by atoms with Gasteiger partial charge in [0, 0.05) is 11.3 Å². The fraction of sp³-hybridized carbons (Fsp3) is 0.200. The molecule has 1 aliphatic rings. The van der Waals surface area contributed by atoms with E-state index in [0.29, 0.717) is 41.5 Å². The molecular formula is C20H17FN4O4S. The van der Waals surface area contributed by atoms with Gasteiger partial charge in [0.05, 0.1) is 5.75 Å². The number of carbonyl (C=O) groups excluding carboxylic acids is 1. The first-order chi connectivity index (χ1) is 14.5. The van der Waals surface area contributed by atoms with Crippen molar-refractivity contribution >= 4 is 23.4 Å². The van der Waals surface area contributed by atoms with Crippen molar-refractivity contribution in [2.45, 2.75) is 12.1 Å². The van der Waals surface area contributed by atoms with Gasteiger partial charge in [0.25, 0.3) is 5.56 Å². The number of ether oxygens (including phenoxy) is 2. The largest absolute Gasteiger partial charge is 0.486 e. The van der Waals surface area contributed by atoms with Crippen LogP contribution in [0.25, 0.3) is 11.3 Å². The number of hydrogen-bond acceptors (Lipinski definition) is 7. The van der Waals surface area contributed by atoms with E-state index in [0.717, 1.165) is 11.8 Å². The molecule has 2 N–H and O–H groups in total. The topological polar surface area (TPSA) is 106 Å². The van der Waals surface area contributed by atoms with Crippen LogP contribution in [0.1, 0.15) is 5.56 Å². The summed E-state index contributed by atoms with van der Waals surface area (Å²) < 4.78 is 24.5. The van der Waals surface area contributed by atoms with Crippen LogP contribution in [0.3, 0.4) is 0 Å². The third-order valence-electron chi connectivity index (χ3n) is 4.29. The van der Waals surface area contributed by atoms with Crippen LogP contribution in [0.15, 0.2) is 46.3 Å². The molecule has 0 spiro atoms. The number of benzene rings is 2. The van der Waals surface area contributed by atoms with Gasteiger partial charge in [-0.15, -0.1) is 10.2 Å². The maximum absolute atomic E-state index is 13.6. The van der Waals surface area contributed by atoms with E-state index >= 15 is 0 Å². The van der Waals surface area contributed by atoms with E-state index < -0.39 is 11.4 Å². The number of halogens is 1. The fourth-order valence-corrected chi connectivity index (χ4v) is 3.37. The maximum Gasteiger partial charge on any atom is 0.278 e. The first-order valence-corrected chi connectivity index (χ1v) is 10.0. The molecule has 8 nitrogen and oxygen atoms in total. The van der Waals surface area contributed by atoms with E-state index in [9.17, 15) is 14.0 Å². The molecule has 0 radical (unpaired) electrons. The number of aromatic nitrogens is 3. The van der Waals surface area contributed by atoms with Crippen LogP contribution in [0, 0.1) is 12.7 Å². The number of nitrogens with one attached hydrogen (secondary N) is 2. The van der Waals surface area contributed by atoms with Gasteiger partial charge in [-0.1, -0.05) is 17.8 Å². The van der Waals surface area contributed by atoms with Crippen molar-refractivity contribution in [3.63, 3.8) is 0 Å². The number of fused-ring (bicyclic) bond motifs is 1. The summed E-state index contributed by atoms with van der Waals surface area (Å²) in [7, 11) is 0. The molecule has 3 aromatic rings. The van der Waals surface area contributed by atoms with E-state index in [4.69, 9.17) is 9.47 Å². The highest BCUT2D eigenvalue weighted by molar-refractivity contribution is 7.99. The second kappa shape index (κ2) is 8.54. The standard InChI is InChI=1S/C20H17FN4O4S/c1-11-2-4-13(9-14(11)21)22-17(26)10-30-20-23-19(27)18(24-25-20)12-3-5-15-16(8-12)29-7-6-28-15/h2-5,8-9H,6-7,10H2,1H3,(H,22,26)(H,23,25,27). The lowest BCUT2D eigenvalue weighted by Gasteiger charge is -2.18. The first kappa shape index (κ1) is 19.9. The second-order valence-electron chi connectivity index (χ2n) is 6.47. The average Bonchev–Trinajstić information content (AvgIpc) is 2.74. The van der Waals surface area contributed by atoms with Crippen molar-refractivity contribution in [2.24, 2.45) is 0 Å². The van der Waals surface area contributed by atoms with Crippen LogP contribution in [0.4, 0.5) is 10.1 Å². The Labute approximate surface area is 174 Å². The number of aromatic amines is 1. The number of nitrogens with zero attached hydrogens (tertiary/aromatic N) is 2. The van der Waals surface area contributed by atoms with Gasteiger partial charge in [-0.05, 0) is 42.8 Å². The number of thioether (sulfide) groups is 1. The van der Waals surface area contributed by atoms with Gasteiger partial charge in [0.1, 0.15) is 19.0 Å². The smallest absolute Gasteiger partial charge is 0.278 e. The molecule has 1 amide bonds. The van der Waals surface area contributed by atoms with E-state index in [2.05, 4.69) is 20.5 Å². The molecular weight excluding hydrogens is 411 g/mol. The third kappa shape index (κ3) is 4.43. The minimum Gasteiger partial charge on any atom is -0.486 e. The summed E-state index contributed by atoms with van der Waals surface area (Å²) in [6.45, 7) is 2.55. The zero-order valence-electron chi connectivity index (χ0n) is 15.9. The molecule has 4 rings (SSSR count). The Morgan fingerprint density at radius 1 is 1.17 bits per heavy atom. The summed E-state index contributed by atoms with van der Waals surface area (Å²) in [4.78, 5) is 27.1. The lowest BCUT2D eigenvalue weighted by Crippen LogP contribution is -2.18. The summed E-state index contributed by atoms with van der Waals surface area (Å²) >= 11 is 1.02. The van der Waals surface area contributed by atoms with E-state index in [1.54, 1.807) is 37.3 Å². The fourth-order valence-electron chi connectivity index (χ4n) is 2.77. The first-order valence-electron chi connectivity index (χ1n) is 9.05. The molecule has 10 heteroatoms. The Hall–Kier alpha value is -3.40. The zero-order valence-corrected chi connectivity index (χ0v) is 16.7. The van der Waals surface area contributed by atoms with Crippen LogP contribution in [0.5, 0.6) is 11.5 Å². The second-order valence-corrected chi connectivity index (χ2v) is 7.43. The van der Waals surface area contributed by atoms with Gasteiger partial charge in [0.15, 0.2) is 22.3 Å². The predicted octanol–water partition coefficient (Wildman–Crippen LogP) is 2.78. The molecule has 154 valence electrons. The molecule has 30 heavy (non-hydrogen) atoms. The molecule has 1 aromatic heterocycles. The summed E-state index contributed by atoms with van der Waals surface area (Å²) in [5.74, 6) is 0.375. The van der Waals surface area contributed by atoms with Crippen molar-refractivity contribution in [3.8, 4) is 22.8 Å². The Kier molecular flexibility index (Phi) is 5.66. The SMILES string of the molecule is Cc1ccc(NC(=O)CSc2nnc(-c3ccc4c(c3)OCCO4)c(=O)[nH]2)cc1F. The van der Waals surface area contributed by atoms with Gasteiger partial charge in [-0.3, -0.25) is 14.6 Å². The van der Waals surface area contributed by atoms with Crippen molar-refractivity contribution < 1.29 is 18.7 Å². The van der Waals surface area contributed by atoms with Crippen molar-refractivity contribution in [1.82, 2.24) is 15.2 Å². The molecule has 0 bridgehead atoms. The molecule has 1 aliphatic heterocycles. The van der Waals surface area contributed by atoms with Gasteiger partial charge in [-0.25, -0.2) is 4.39 Å². The highest BCUT2D eigenvalue weighted by atomic mass is 32.2. The van der Waals surface area contributed by atoms with Gasteiger partial charge >= 0.3 is 0 Å². The highest BCUT2D eigenvalue weighted by Crippen LogP contribution is 2.33. The van der Waals surface area contributed by atoms with Gasteiger partial charge in [-0.2, -0.15) is 0 Å². The number of rotatable bonds is 5. The number of H-pyrrole nitrogens is 1. The predicted molar refractivity (Wildman–Crippen MR) is 110 cm³/mol. The minimum absolute atomic E-state index is 0.0243. The van der Waals surface area contributed by atoms with Crippen LogP contribution in [-0.2, 0) is 4.79 Å². The van der Waals surface area contributed by atoms with Crippen LogP contribution < -0.4 is 20.3 Å². The highest BCUT2D eigenvalue weighted by Gasteiger charge is 2.16. The Balaban J connectivity index is 1.41. The molecule has 0 saturated heterocycles. The number of amides is 1. The number of aryl methyl sites for hydroxylation is 1. The monoisotopic (exact) mass is 428 g/mol. The molecule has 0 unspecified atom stereocenters. The van der Waals surface area contributed by atoms with Crippen molar-refractivity contribution in [1.29, 1.82) is 0 Å². The lowest BCUT2D eigenvalue weighted by molar-refractivity contribution is -0.113. The van der Waals surface area contributed by atoms with Crippen LogP contribution in [0.2, 0.25) is 0 Å². The maximum atomic E-state index is 13.6. The van der Waals surface area contributed by atoms with Crippen molar-refractivity contribution in [2.75, 3.05) is 24.3 Å². The molecule has 0 aliphatic carbocycles. The third-order valence-corrected chi connectivity index (χ3v) is 5.15. The van der Waals surface area contributed by atoms with E-state index in [1.165, 1.54) is 6.07 Å². The number of anilines is 1. The summed E-state index contributed by atoms with van der Waals surface area (Å²) in [5.41, 5.74) is 1.09. The summed E-state index contributed by atoms with van der Waals surface area (Å²) in [6, 6.07) is 9.54. The Morgan fingerprint density at radius 3 is 2.73 bits per heavy atom. The molecule has 2 aromatic carbocycles.